The van der Waals surface area contributed by atoms with E-state index in [1.165, 1.54) is 18.0 Å². The molecule has 1 unspecified atom stereocenters. The second-order valence-electron chi connectivity index (χ2n) is 6.84. The Kier molecular flexibility index (Phi) is 5.99. The van der Waals surface area contributed by atoms with E-state index in [9.17, 15) is 4.79 Å². The highest BCUT2D eigenvalue weighted by Crippen LogP contribution is 2.31. The number of hydrogen-bond acceptors (Lipinski definition) is 4. The summed E-state index contributed by atoms with van der Waals surface area (Å²) < 4.78 is 5.46. The average Bonchev–Trinajstić information content (AvgIpc) is 3.10. The Hall–Kier alpha value is -3.28. The zero-order chi connectivity index (χ0) is 20.1. The van der Waals surface area contributed by atoms with Crippen molar-refractivity contribution < 1.29 is 9.53 Å². The summed E-state index contributed by atoms with van der Waals surface area (Å²) in [6.45, 7) is 4.14. The van der Waals surface area contributed by atoms with Crippen molar-refractivity contribution in [2.24, 2.45) is 5.73 Å². The van der Waals surface area contributed by atoms with E-state index in [0.29, 0.717) is 31.0 Å². The number of carbonyl (C=O) groups is 1. The second-order valence-corrected chi connectivity index (χ2v) is 6.84. The van der Waals surface area contributed by atoms with Gasteiger partial charge < -0.3 is 20.8 Å². The Morgan fingerprint density at radius 2 is 2.00 bits per heavy atom. The summed E-state index contributed by atoms with van der Waals surface area (Å²) in [5.74, 6) is 0.855. The van der Waals surface area contributed by atoms with Gasteiger partial charge in [-0.05, 0) is 23.6 Å². The van der Waals surface area contributed by atoms with Crippen molar-refractivity contribution in [1.29, 1.82) is 5.41 Å². The van der Waals surface area contributed by atoms with Gasteiger partial charge in [0, 0.05) is 54.9 Å². The third-order valence-electron chi connectivity index (χ3n) is 5.10. The lowest BCUT2D eigenvalue weighted by atomic mass is 10.0. The van der Waals surface area contributed by atoms with Crippen LogP contribution in [-0.2, 0) is 0 Å². The Balaban J connectivity index is 1.76. The first-order chi connectivity index (χ1) is 13.6. The van der Waals surface area contributed by atoms with E-state index in [4.69, 9.17) is 15.9 Å². The number of ether oxygens (including phenoxy) is 1. The average molecular weight is 378 g/mol. The predicted molar refractivity (Wildman–Crippen MR) is 113 cm³/mol. The Morgan fingerprint density at radius 3 is 2.64 bits per heavy atom. The van der Waals surface area contributed by atoms with Crippen molar-refractivity contribution in [2.45, 2.75) is 12.8 Å². The lowest BCUT2D eigenvalue weighted by Gasteiger charge is -2.23. The first-order valence-electron chi connectivity index (χ1n) is 9.31. The number of allylic oxidation sites excluding steroid dienone is 1. The molecule has 0 spiro atoms. The van der Waals surface area contributed by atoms with Crippen molar-refractivity contribution in [3.8, 4) is 5.75 Å². The monoisotopic (exact) mass is 378 g/mol. The van der Waals surface area contributed by atoms with E-state index in [2.05, 4.69) is 19.1 Å². The molecule has 2 aromatic carbocycles. The molecule has 0 aromatic heterocycles. The molecule has 1 aliphatic heterocycles. The van der Waals surface area contributed by atoms with Crippen LogP contribution in [0.3, 0.4) is 0 Å². The van der Waals surface area contributed by atoms with E-state index >= 15 is 0 Å². The molecule has 1 aliphatic rings. The number of amides is 2. The molecule has 0 bridgehead atoms. The van der Waals surface area contributed by atoms with Gasteiger partial charge in [0.05, 0.1) is 7.11 Å². The largest absolute Gasteiger partial charge is 0.496 e. The second kappa shape index (κ2) is 8.61. The van der Waals surface area contributed by atoms with Crippen molar-refractivity contribution in [1.82, 2.24) is 4.90 Å². The van der Waals surface area contributed by atoms with Crippen LogP contribution in [0.1, 0.15) is 24.0 Å². The van der Waals surface area contributed by atoms with E-state index in [1.807, 2.05) is 41.3 Å². The third kappa shape index (κ3) is 3.86. The summed E-state index contributed by atoms with van der Waals surface area (Å²) in [4.78, 5) is 16.6. The minimum atomic E-state index is -0.000714. The number of anilines is 1. The van der Waals surface area contributed by atoms with Gasteiger partial charge in [-0.1, -0.05) is 37.3 Å². The number of nitrogens with zero attached hydrogens (tertiary/aromatic N) is 2. The molecule has 1 atom stereocenters. The summed E-state index contributed by atoms with van der Waals surface area (Å²) in [5, 5.41) is 7.48. The van der Waals surface area contributed by atoms with E-state index in [0.717, 1.165) is 11.3 Å². The quantitative estimate of drug-likeness (QED) is 0.721. The molecule has 28 heavy (non-hydrogen) atoms. The Labute approximate surface area is 165 Å². The maximum Gasteiger partial charge on any atom is 0.324 e. The molecule has 1 saturated heterocycles. The molecule has 146 valence electrons. The van der Waals surface area contributed by atoms with Crippen LogP contribution in [0.4, 0.5) is 10.5 Å². The standard InChI is InChI=1S/C22H26N4O2/c1-16(17-6-4-3-5-7-17)15-25-10-11-26(22(25)27)19-8-9-20(18(13-23)14-24)21(12-19)28-2/h3-9,12-14,16,23H,10-11,15,24H2,1-2H3/b18-14+,23-13?. The number of methoxy groups -OCH3 is 1. The molecule has 3 rings (SSSR count). The number of urea groups is 1. The maximum atomic E-state index is 12.9. The van der Waals surface area contributed by atoms with Crippen LogP contribution in [-0.4, -0.2) is 43.9 Å². The van der Waals surface area contributed by atoms with Crippen LogP contribution in [0.25, 0.3) is 5.57 Å². The summed E-state index contributed by atoms with van der Waals surface area (Å²) in [6.07, 6.45) is 2.56. The first kappa shape index (κ1) is 19.5. The topological polar surface area (TPSA) is 82.7 Å². The molecule has 0 aliphatic carbocycles. The van der Waals surface area contributed by atoms with Gasteiger partial charge in [-0.2, -0.15) is 0 Å². The van der Waals surface area contributed by atoms with Gasteiger partial charge >= 0.3 is 6.03 Å². The highest BCUT2D eigenvalue weighted by Gasteiger charge is 2.31. The lowest BCUT2D eigenvalue weighted by Crippen LogP contribution is -2.34. The minimum Gasteiger partial charge on any atom is -0.496 e. The summed E-state index contributed by atoms with van der Waals surface area (Å²) in [7, 11) is 1.57. The SMILES string of the molecule is COc1cc(N2CCN(CC(C)c3ccccc3)C2=O)ccc1/C(C=N)=C/N. The fourth-order valence-electron chi connectivity index (χ4n) is 3.51. The smallest absolute Gasteiger partial charge is 0.324 e. The number of benzene rings is 2. The fourth-order valence-corrected chi connectivity index (χ4v) is 3.51. The van der Waals surface area contributed by atoms with Crippen LogP contribution in [0.5, 0.6) is 5.75 Å². The maximum absolute atomic E-state index is 12.9. The molecule has 0 saturated carbocycles. The van der Waals surface area contributed by atoms with Crippen LogP contribution < -0.4 is 15.4 Å². The summed E-state index contributed by atoms with van der Waals surface area (Å²) in [6, 6.07) is 15.8. The van der Waals surface area contributed by atoms with Gasteiger partial charge in [0.2, 0.25) is 0 Å². The molecule has 2 aromatic rings. The zero-order valence-corrected chi connectivity index (χ0v) is 16.3. The Bertz CT molecular complexity index is 879. The lowest BCUT2D eigenvalue weighted by molar-refractivity contribution is 0.218. The molecule has 0 radical (unpaired) electrons. The van der Waals surface area contributed by atoms with Crippen LogP contribution >= 0.6 is 0 Å². The number of nitrogens with one attached hydrogen (secondary N) is 1. The van der Waals surface area contributed by atoms with Crippen molar-refractivity contribution >= 4 is 23.5 Å². The fraction of sp³-hybridized carbons (Fsp3) is 0.273. The molecule has 2 amide bonds. The first-order valence-corrected chi connectivity index (χ1v) is 9.31. The highest BCUT2D eigenvalue weighted by atomic mass is 16.5. The van der Waals surface area contributed by atoms with Crippen LogP contribution in [0, 0.1) is 5.41 Å². The molecule has 1 fully saturated rings. The van der Waals surface area contributed by atoms with Gasteiger partial charge in [0.15, 0.2) is 0 Å². The van der Waals surface area contributed by atoms with Gasteiger partial charge in [-0.25, -0.2) is 4.79 Å². The summed E-state index contributed by atoms with van der Waals surface area (Å²) >= 11 is 0. The molecular formula is C22H26N4O2. The van der Waals surface area contributed by atoms with Gasteiger partial charge in [-0.3, -0.25) is 4.90 Å². The Morgan fingerprint density at radius 1 is 1.25 bits per heavy atom. The number of nitrogens with two attached hydrogens (primary N) is 1. The number of hydrogen-bond donors (Lipinski definition) is 2. The van der Waals surface area contributed by atoms with Gasteiger partial charge in [0.25, 0.3) is 0 Å². The van der Waals surface area contributed by atoms with Crippen LogP contribution in [0.2, 0.25) is 0 Å². The summed E-state index contributed by atoms with van der Waals surface area (Å²) in [5.41, 5.74) is 8.89. The highest BCUT2D eigenvalue weighted by molar-refractivity contribution is 6.09. The number of rotatable bonds is 7. The predicted octanol–water partition coefficient (Wildman–Crippen LogP) is 3.69. The van der Waals surface area contributed by atoms with Gasteiger partial charge in [0.1, 0.15) is 5.75 Å². The normalized spacial score (nSPS) is 15.6. The number of carbonyl (C=O) groups excluding carboxylic acids is 1. The van der Waals surface area contributed by atoms with Crippen molar-refractivity contribution in [3.05, 3.63) is 65.9 Å². The molecule has 6 heteroatoms. The third-order valence-corrected chi connectivity index (χ3v) is 5.10. The molecular weight excluding hydrogens is 352 g/mol. The van der Waals surface area contributed by atoms with E-state index < -0.39 is 0 Å². The van der Waals surface area contributed by atoms with Gasteiger partial charge in [-0.15, -0.1) is 0 Å². The van der Waals surface area contributed by atoms with Crippen molar-refractivity contribution in [3.63, 3.8) is 0 Å². The van der Waals surface area contributed by atoms with E-state index in [1.54, 1.807) is 12.0 Å². The zero-order valence-electron chi connectivity index (χ0n) is 16.3. The minimum absolute atomic E-state index is 0.000714. The van der Waals surface area contributed by atoms with Crippen LogP contribution in [0.15, 0.2) is 54.7 Å². The molecule has 6 nitrogen and oxygen atoms in total. The molecule has 3 N–H and O–H groups in total. The molecule has 1 heterocycles. The van der Waals surface area contributed by atoms with Crippen molar-refractivity contribution in [2.75, 3.05) is 31.6 Å². The van der Waals surface area contributed by atoms with E-state index in [-0.39, 0.29) is 11.9 Å².